The Hall–Kier alpha value is -3.90. The van der Waals surface area contributed by atoms with Crippen LogP contribution in [-0.2, 0) is 6.42 Å². The third kappa shape index (κ3) is 3.69. The Morgan fingerprint density at radius 3 is 2.61 bits per heavy atom. The number of ether oxygens (including phenoxy) is 2. The fourth-order valence-electron chi connectivity index (χ4n) is 5.26. The van der Waals surface area contributed by atoms with E-state index >= 15 is 0 Å². The Bertz CT molecular complexity index is 1710. The molecule has 0 saturated carbocycles. The molecule has 0 spiro atoms. The molecule has 0 fully saturated rings. The second-order valence-corrected chi connectivity index (χ2v) is 10.2. The lowest BCUT2D eigenvalue weighted by Crippen LogP contribution is -2.38. The molecule has 1 aliphatic carbocycles. The zero-order valence-electron chi connectivity index (χ0n) is 20.4. The van der Waals surface area contributed by atoms with Gasteiger partial charge in [0, 0.05) is 5.56 Å². The van der Waals surface area contributed by atoms with Crippen LogP contribution in [0.25, 0.3) is 11.8 Å². The second kappa shape index (κ2) is 8.95. The average Bonchev–Trinajstić information content (AvgIpc) is 3.21. The molecule has 0 unspecified atom stereocenters. The number of allylic oxidation sites excluding steroid dienone is 1. The van der Waals surface area contributed by atoms with Crippen LogP contribution in [-0.4, -0.2) is 18.8 Å². The summed E-state index contributed by atoms with van der Waals surface area (Å²) >= 11 is 1.45. The number of aromatic nitrogens is 1. The van der Waals surface area contributed by atoms with Gasteiger partial charge in [-0.05, 0) is 60.2 Å². The lowest BCUT2D eigenvalue weighted by molar-refractivity contribution is 0.354. The number of benzene rings is 3. The first-order chi connectivity index (χ1) is 17.6. The predicted octanol–water partition coefficient (Wildman–Crippen LogP) is 4.64. The van der Waals surface area contributed by atoms with Crippen LogP contribution in [0.3, 0.4) is 0 Å². The van der Waals surface area contributed by atoms with E-state index in [-0.39, 0.29) is 11.6 Å². The Balaban J connectivity index is 1.63. The quantitative estimate of drug-likeness (QED) is 0.415. The van der Waals surface area contributed by atoms with Crippen LogP contribution in [0.5, 0.6) is 11.5 Å². The van der Waals surface area contributed by atoms with Crippen LogP contribution in [0.2, 0.25) is 0 Å². The van der Waals surface area contributed by atoms with Crippen molar-refractivity contribution in [3.8, 4) is 11.5 Å². The van der Waals surface area contributed by atoms with Crippen LogP contribution in [0.15, 0.2) is 82.1 Å². The molecule has 2 aliphatic rings. The highest BCUT2D eigenvalue weighted by atomic mass is 32.1. The predicted molar refractivity (Wildman–Crippen MR) is 143 cm³/mol. The molecule has 6 heteroatoms. The first-order valence-electron chi connectivity index (χ1n) is 12.0. The van der Waals surface area contributed by atoms with Gasteiger partial charge in [0.15, 0.2) is 16.3 Å². The topological polar surface area (TPSA) is 52.8 Å². The van der Waals surface area contributed by atoms with Crippen molar-refractivity contribution in [1.29, 1.82) is 0 Å². The van der Waals surface area contributed by atoms with Crippen molar-refractivity contribution < 1.29 is 9.47 Å². The molecule has 0 amide bonds. The molecule has 1 aliphatic heterocycles. The fraction of sp³-hybridized carbons (Fsp3) is 0.200. The van der Waals surface area contributed by atoms with Gasteiger partial charge in [-0.3, -0.25) is 9.36 Å². The maximum atomic E-state index is 13.9. The molecule has 1 aromatic heterocycles. The van der Waals surface area contributed by atoms with E-state index in [2.05, 4.69) is 43.3 Å². The van der Waals surface area contributed by atoms with Gasteiger partial charge in [-0.2, -0.15) is 0 Å². The first-order valence-corrected chi connectivity index (χ1v) is 12.8. The molecular formula is C30H26N2O3S. The van der Waals surface area contributed by atoms with Gasteiger partial charge in [0.1, 0.15) is 0 Å². The second-order valence-electron chi connectivity index (χ2n) is 9.14. The molecule has 6 rings (SSSR count). The molecule has 0 saturated heterocycles. The summed E-state index contributed by atoms with van der Waals surface area (Å²) in [5.74, 6) is 1.31. The molecule has 36 heavy (non-hydrogen) atoms. The van der Waals surface area contributed by atoms with E-state index in [0.29, 0.717) is 20.8 Å². The van der Waals surface area contributed by atoms with E-state index in [0.717, 1.165) is 46.4 Å². The standard InChI is InChI=1S/C30H26N2O3S/c1-18-7-6-8-19(15-18)16-26-29(33)32-28(21-12-14-24(34-2)25(17-21)35-3)23-13-11-20-9-4-5-10-22(20)27(23)31-30(32)36-26/h4-10,12,14-17,28H,11,13H2,1-3H3/b26-16-/t28-/m1/s1. The van der Waals surface area contributed by atoms with Crippen molar-refractivity contribution in [2.45, 2.75) is 25.8 Å². The molecule has 0 N–H and O–H groups in total. The maximum Gasteiger partial charge on any atom is 0.271 e. The van der Waals surface area contributed by atoms with Gasteiger partial charge in [-0.25, -0.2) is 4.99 Å². The maximum absolute atomic E-state index is 13.9. The number of hydrogen-bond donors (Lipinski definition) is 0. The minimum Gasteiger partial charge on any atom is -0.493 e. The lowest BCUT2D eigenvalue weighted by Gasteiger charge is -2.31. The number of aryl methyl sites for hydroxylation is 2. The molecule has 2 heterocycles. The lowest BCUT2D eigenvalue weighted by atomic mass is 9.83. The van der Waals surface area contributed by atoms with E-state index in [1.54, 1.807) is 14.2 Å². The van der Waals surface area contributed by atoms with Crippen LogP contribution in [0, 0.1) is 6.92 Å². The summed E-state index contributed by atoms with van der Waals surface area (Å²) in [4.78, 5) is 19.7. The van der Waals surface area contributed by atoms with E-state index in [4.69, 9.17) is 14.5 Å². The normalized spacial score (nSPS) is 16.6. The molecule has 5 nitrogen and oxygen atoms in total. The van der Waals surface area contributed by atoms with Crippen molar-refractivity contribution in [3.05, 3.63) is 120 Å². The van der Waals surface area contributed by atoms with Crippen LogP contribution in [0.4, 0.5) is 0 Å². The Kier molecular flexibility index (Phi) is 5.61. The number of hydrogen-bond acceptors (Lipinski definition) is 5. The summed E-state index contributed by atoms with van der Waals surface area (Å²) < 4.78 is 13.6. The highest BCUT2D eigenvalue weighted by molar-refractivity contribution is 7.07. The highest BCUT2D eigenvalue weighted by Gasteiger charge is 2.33. The van der Waals surface area contributed by atoms with Gasteiger partial charge in [-0.15, -0.1) is 0 Å². The molecule has 0 radical (unpaired) electrons. The Labute approximate surface area is 213 Å². The number of nitrogens with zero attached hydrogens (tertiary/aromatic N) is 2. The summed E-state index contributed by atoms with van der Waals surface area (Å²) in [6.45, 7) is 2.06. The number of rotatable bonds is 4. The third-order valence-corrected chi connectivity index (χ3v) is 7.92. The summed E-state index contributed by atoms with van der Waals surface area (Å²) in [5.41, 5.74) is 7.73. The molecule has 180 valence electrons. The van der Waals surface area contributed by atoms with Gasteiger partial charge >= 0.3 is 0 Å². The van der Waals surface area contributed by atoms with Gasteiger partial charge in [0.2, 0.25) is 0 Å². The molecule has 1 atom stereocenters. The third-order valence-electron chi connectivity index (χ3n) is 6.94. The van der Waals surface area contributed by atoms with E-state index in [1.807, 2.05) is 41.0 Å². The van der Waals surface area contributed by atoms with Gasteiger partial charge < -0.3 is 9.47 Å². The highest BCUT2D eigenvalue weighted by Crippen LogP contribution is 2.42. The number of methoxy groups -OCH3 is 2. The Morgan fingerprint density at radius 2 is 1.81 bits per heavy atom. The summed E-state index contributed by atoms with van der Waals surface area (Å²) in [6, 6.07) is 22.3. The van der Waals surface area contributed by atoms with Gasteiger partial charge in [0.05, 0.1) is 30.5 Å². The first kappa shape index (κ1) is 22.6. The van der Waals surface area contributed by atoms with Crippen molar-refractivity contribution in [1.82, 2.24) is 4.57 Å². The molecule has 4 aromatic rings. The smallest absolute Gasteiger partial charge is 0.271 e. The monoisotopic (exact) mass is 494 g/mol. The zero-order chi connectivity index (χ0) is 24.8. The largest absolute Gasteiger partial charge is 0.493 e. The average molecular weight is 495 g/mol. The Morgan fingerprint density at radius 1 is 0.972 bits per heavy atom. The summed E-state index contributed by atoms with van der Waals surface area (Å²) in [7, 11) is 3.26. The fourth-order valence-corrected chi connectivity index (χ4v) is 6.26. The summed E-state index contributed by atoms with van der Waals surface area (Å²) in [5, 5.41) is 0. The van der Waals surface area contributed by atoms with Crippen molar-refractivity contribution in [3.63, 3.8) is 0 Å². The van der Waals surface area contributed by atoms with E-state index < -0.39 is 0 Å². The zero-order valence-corrected chi connectivity index (χ0v) is 21.3. The van der Waals surface area contributed by atoms with Crippen molar-refractivity contribution in [2.24, 2.45) is 4.99 Å². The van der Waals surface area contributed by atoms with Crippen LogP contribution in [0.1, 0.15) is 40.3 Å². The van der Waals surface area contributed by atoms with Gasteiger partial charge in [0.25, 0.3) is 5.56 Å². The van der Waals surface area contributed by atoms with Crippen LogP contribution >= 0.6 is 11.3 Å². The van der Waals surface area contributed by atoms with E-state index in [9.17, 15) is 4.79 Å². The van der Waals surface area contributed by atoms with Gasteiger partial charge in [-0.1, -0.05) is 71.5 Å². The minimum absolute atomic E-state index is 0.0227. The van der Waals surface area contributed by atoms with Crippen molar-refractivity contribution in [2.75, 3.05) is 14.2 Å². The van der Waals surface area contributed by atoms with E-state index in [1.165, 1.54) is 16.9 Å². The SMILES string of the molecule is COc1ccc([C@@H]2C3=C(N=c4s/c(=C\c5cccc(C)c5)c(=O)n42)c2ccccc2CC3)cc1OC. The molecule has 3 aromatic carbocycles. The van der Waals surface area contributed by atoms with Crippen LogP contribution < -0.4 is 24.4 Å². The molecule has 0 bridgehead atoms. The summed E-state index contributed by atoms with van der Waals surface area (Å²) in [6.07, 6.45) is 3.73. The van der Waals surface area contributed by atoms with Crippen molar-refractivity contribution >= 4 is 23.1 Å². The minimum atomic E-state index is -0.260. The number of fused-ring (bicyclic) bond motifs is 3. The molecular weight excluding hydrogens is 468 g/mol. The number of thiazole rings is 1.